The van der Waals surface area contributed by atoms with Gasteiger partial charge in [-0.25, -0.2) is 8.78 Å². The van der Waals surface area contributed by atoms with Crippen molar-refractivity contribution in [3.05, 3.63) is 94.3 Å². The summed E-state index contributed by atoms with van der Waals surface area (Å²) in [5, 5.41) is 4.20. The fraction of sp³-hybridized carbons (Fsp3) is 0.400. The molecule has 3 aromatic rings. The maximum Gasteiger partial charge on any atom is 0.165 e. The first-order chi connectivity index (χ1) is 17.6. The van der Waals surface area contributed by atoms with Crippen molar-refractivity contribution in [1.82, 2.24) is 4.57 Å². The van der Waals surface area contributed by atoms with E-state index in [0.717, 1.165) is 61.5 Å². The Bertz CT molecular complexity index is 1180. The first kappa shape index (κ1) is 25.8. The topological polar surface area (TPSA) is 43.6 Å². The highest BCUT2D eigenvalue weighted by Gasteiger charge is 2.28. The molecule has 36 heavy (non-hydrogen) atoms. The minimum atomic E-state index is -0.887. The molecule has 1 aliphatic carbocycles. The number of carbonyl (C=O) groups is 1. The molecule has 4 nitrogen and oxygen atoms in total. The van der Waals surface area contributed by atoms with E-state index >= 15 is 0 Å². The molecule has 1 heterocycles. The van der Waals surface area contributed by atoms with Gasteiger partial charge in [0.1, 0.15) is 6.61 Å². The van der Waals surface area contributed by atoms with Crippen molar-refractivity contribution in [1.29, 1.82) is 0 Å². The highest BCUT2D eigenvalue weighted by atomic mass is 19.2. The number of carbonyl (C=O) groups excluding carboxylic acids is 1. The second-order valence-corrected chi connectivity index (χ2v) is 9.51. The van der Waals surface area contributed by atoms with Gasteiger partial charge in [-0.3, -0.25) is 4.79 Å². The van der Waals surface area contributed by atoms with Crippen molar-refractivity contribution in [3.8, 4) is 0 Å². The van der Waals surface area contributed by atoms with Crippen LogP contribution in [-0.4, -0.2) is 23.2 Å². The predicted octanol–water partition coefficient (Wildman–Crippen LogP) is 7.44. The van der Waals surface area contributed by atoms with Gasteiger partial charge in [0.15, 0.2) is 17.4 Å². The lowest BCUT2D eigenvalue weighted by atomic mass is 9.95. The largest absolute Gasteiger partial charge is 0.396 e. The minimum absolute atomic E-state index is 0.00926. The van der Waals surface area contributed by atoms with E-state index < -0.39 is 11.6 Å². The summed E-state index contributed by atoms with van der Waals surface area (Å²) in [7, 11) is 0. The van der Waals surface area contributed by atoms with Crippen LogP contribution in [0, 0.1) is 11.6 Å². The number of ketones is 1. The molecular formula is C30H34F2N2O2. The van der Waals surface area contributed by atoms with Crippen LogP contribution in [0.2, 0.25) is 0 Å². The third-order valence-electron chi connectivity index (χ3n) is 6.87. The van der Waals surface area contributed by atoms with Crippen LogP contribution in [0.5, 0.6) is 0 Å². The second-order valence-electron chi connectivity index (χ2n) is 9.51. The van der Waals surface area contributed by atoms with E-state index in [4.69, 9.17) is 4.84 Å². The molecule has 1 saturated carbocycles. The molecule has 0 bridgehead atoms. The van der Waals surface area contributed by atoms with Gasteiger partial charge in [0.25, 0.3) is 0 Å². The quantitative estimate of drug-likeness (QED) is 0.114. The molecule has 1 aromatic heterocycles. The van der Waals surface area contributed by atoms with Gasteiger partial charge in [0.05, 0.1) is 11.9 Å². The Morgan fingerprint density at radius 3 is 2.56 bits per heavy atom. The maximum atomic E-state index is 13.7. The van der Waals surface area contributed by atoms with Gasteiger partial charge >= 0.3 is 0 Å². The molecule has 0 aliphatic heterocycles. The standard InChI is InChI=1S/C30H34F2N2O2/c1-2-3-17-36-33-20-25-19-26(29(35)16-14-22-13-15-27(31)28(32)18-22)30(24-11-7-8-12-24)34(25)21-23-9-5-4-6-10-23/h4-6,9-10,13,15,18-20,24H,2-3,7-8,11-12,14,16-17,21H2,1H3/b33-20+. The Balaban J connectivity index is 1.66. The van der Waals surface area contributed by atoms with E-state index in [1.807, 2.05) is 24.3 Å². The van der Waals surface area contributed by atoms with Gasteiger partial charge in [0.2, 0.25) is 0 Å². The molecule has 1 fully saturated rings. The van der Waals surface area contributed by atoms with Gasteiger partial charge < -0.3 is 9.40 Å². The van der Waals surface area contributed by atoms with Crippen LogP contribution in [0.4, 0.5) is 8.78 Å². The van der Waals surface area contributed by atoms with Crippen LogP contribution in [0.25, 0.3) is 0 Å². The van der Waals surface area contributed by atoms with Gasteiger partial charge in [0, 0.05) is 24.2 Å². The molecule has 0 amide bonds. The van der Waals surface area contributed by atoms with Crippen molar-refractivity contribution in [3.63, 3.8) is 0 Å². The second kappa shape index (κ2) is 12.6. The molecule has 0 spiro atoms. The van der Waals surface area contributed by atoms with Crippen molar-refractivity contribution >= 4 is 12.0 Å². The minimum Gasteiger partial charge on any atom is -0.396 e. The van der Waals surface area contributed by atoms with Crippen LogP contribution in [0.1, 0.15) is 90.7 Å². The fourth-order valence-corrected chi connectivity index (χ4v) is 4.94. The number of aromatic nitrogens is 1. The van der Waals surface area contributed by atoms with E-state index in [-0.39, 0.29) is 12.2 Å². The Kier molecular flexibility index (Phi) is 9.04. The summed E-state index contributed by atoms with van der Waals surface area (Å²) in [6.07, 6.45) is 8.64. The van der Waals surface area contributed by atoms with Gasteiger partial charge in [-0.1, -0.05) is 67.7 Å². The van der Waals surface area contributed by atoms with E-state index in [2.05, 4.69) is 28.8 Å². The number of Topliss-reactive ketones (excluding diaryl/α,β-unsaturated/α-hetero) is 1. The third-order valence-corrected chi connectivity index (χ3v) is 6.87. The number of oxime groups is 1. The lowest BCUT2D eigenvalue weighted by Gasteiger charge is -2.18. The molecule has 2 aromatic carbocycles. The molecule has 0 unspecified atom stereocenters. The summed E-state index contributed by atoms with van der Waals surface area (Å²) in [4.78, 5) is 19.0. The molecule has 190 valence electrons. The summed E-state index contributed by atoms with van der Waals surface area (Å²) < 4.78 is 29.2. The number of benzene rings is 2. The maximum absolute atomic E-state index is 13.7. The van der Waals surface area contributed by atoms with E-state index in [0.29, 0.717) is 36.6 Å². The van der Waals surface area contributed by atoms with Crippen LogP contribution in [0.3, 0.4) is 0 Å². The number of rotatable bonds is 12. The van der Waals surface area contributed by atoms with Crippen LogP contribution in [-0.2, 0) is 17.8 Å². The molecule has 0 saturated heterocycles. The Morgan fingerprint density at radius 2 is 1.83 bits per heavy atom. The predicted molar refractivity (Wildman–Crippen MR) is 139 cm³/mol. The average Bonchev–Trinajstić information content (AvgIpc) is 3.53. The van der Waals surface area contributed by atoms with E-state index in [9.17, 15) is 13.6 Å². The highest BCUT2D eigenvalue weighted by Crippen LogP contribution is 2.38. The summed E-state index contributed by atoms with van der Waals surface area (Å²) in [6, 6.07) is 16.0. The van der Waals surface area contributed by atoms with E-state index in [1.165, 1.54) is 12.1 Å². The van der Waals surface area contributed by atoms with Crippen LogP contribution >= 0.6 is 0 Å². The van der Waals surface area contributed by atoms with E-state index in [1.54, 1.807) is 6.21 Å². The van der Waals surface area contributed by atoms with Crippen LogP contribution < -0.4 is 0 Å². The third kappa shape index (κ3) is 6.48. The number of nitrogens with zero attached hydrogens (tertiary/aromatic N) is 2. The zero-order valence-electron chi connectivity index (χ0n) is 20.9. The summed E-state index contributed by atoms with van der Waals surface area (Å²) >= 11 is 0. The lowest BCUT2D eigenvalue weighted by molar-refractivity contribution is 0.0981. The highest BCUT2D eigenvalue weighted by molar-refractivity contribution is 5.99. The zero-order valence-corrected chi connectivity index (χ0v) is 20.9. The van der Waals surface area contributed by atoms with Gasteiger partial charge in [-0.2, -0.15) is 0 Å². The summed E-state index contributed by atoms with van der Waals surface area (Å²) in [5.74, 6) is -1.45. The zero-order chi connectivity index (χ0) is 25.3. The summed E-state index contributed by atoms with van der Waals surface area (Å²) in [6.45, 7) is 3.30. The first-order valence-corrected chi connectivity index (χ1v) is 13.0. The smallest absolute Gasteiger partial charge is 0.165 e. The normalized spacial score (nSPS) is 14.1. The Morgan fingerprint density at radius 1 is 1.06 bits per heavy atom. The van der Waals surface area contributed by atoms with Crippen LogP contribution in [0.15, 0.2) is 59.8 Å². The SMILES string of the molecule is CCCCO/N=C/c1cc(C(=O)CCc2ccc(F)c(F)c2)c(C2CCCC2)n1Cc1ccccc1. The van der Waals surface area contributed by atoms with Gasteiger partial charge in [-0.15, -0.1) is 0 Å². The molecule has 0 N–H and O–H groups in total. The number of unbranched alkanes of at least 4 members (excludes halogenated alkanes) is 1. The molecular weight excluding hydrogens is 458 g/mol. The van der Waals surface area contributed by atoms with Gasteiger partial charge in [-0.05, 0) is 60.9 Å². The van der Waals surface area contributed by atoms with Crippen molar-refractivity contribution < 1.29 is 18.4 Å². The first-order valence-electron chi connectivity index (χ1n) is 13.0. The lowest BCUT2D eigenvalue weighted by Crippen LogP contribution is -2.13. The molecule has 0 atom stereocenters. The number of hydrogen-bond acceptors (Lipinski definition) is 3. The number of halogens is 2. The number of hydrogen-bond donors (Lipinski definition) is 0. The Labute approximate surface area is 212 Å². The average molecular weight is 493 g/mol. The Hall–Kier alpha value is -3.28. The number of aryl methyl sites for hydroxylation is 1. The monoisotopic (exact) mass is 492 g/mol. The molecule has 4 rings (SSSR count). The molecule has 0 radical (unpaired) electrons. The van der Waals surface area contributed by atoms with Crippen molar-refractivity contribution in [2.45, 2.75) is 70.8 Å². The van der Waals surface area contributed by atoms with Crippen molar-refractivity contribution in [2.75, 3.05) is 6.61 Å². The fourth-order valence-electron chi connectivity index (χ4n) is 4.94. The van der Waals surface area contributed by atoms with Crippen molar-refractivity contribution in [2.24, 2.45) is 5.16 Å². The molecule has 6 heteroatoms. The molecule has 1 aliphatic rings. The summed E-state index contributed by atoms with van der Waals surface area (Å²) in [5.41, 5.74) is 4.36.